The predicted octanol–water partition coefficient (Wildman–Crippen LogP) is 5.68. The molecule has 0 fully saturated rings. The van der Waals surface area contributed by atoms with Gasteiger partial charge in [0.25, 0.3) is 5.91 Å². The molecule has 5 rings (SSSR count). The Kier molecular flexibility index (Phi) is 6.56. The van der Waals surface area contributed by atoms with Crippen molar-refractivity contribution in [2.75, 3.05) is 10.6 Å². The maximum atomic E-state index is 13.6. The highest BCUT2D eigenvalue weighted by atomic mass is 32.2. The number of fused-ring (bicyclic) bond motifs is 1. The van der Waals surface area contributed by atoms with Crippen LogP contribution in [-0.4, -0.2) is 20.7 Å². The van der Waals surface area contributed by atoms with Crippen molar-refractivity contribution in [3.8, 4) is 6.07 Å². The number of hydrogen-bond donors (Lipinski definition) is 2. The third-order valence-electron chi connectivity index (χ3n) is 6.04. The lowest BCUT2D eigenvalue weighted by Gasteiger charge is -2.28. The van der Waals surface area contributed by atoms with Gasteiger partial charge in [0.15, 0.2) is 0 Å². The molecule has 0 saturated heterocycles. The summed E-state index contributed by atoms with van der Waals surface area (Å²) in [5.74, 6) is 1.09. The Morgan fingerprint density at radius 3 is 2.50 bits per heavy atom. The highest BCUT2D eigenvalue weighted by Gasteiger charge is 2.34. The minimum absolute atomic E-state index is 0.219. The van der Waals surface area contributed by atoms with E-state index in [-0.39, 0.29) is 5.91 Å². The first-order valence-electron chi connectivity index (χ1n) is 11.5. The number of thioether (sulfide) groups is 1. The van der Waals surface area contributed by atoms with E-state index < -0.39 is 6.04 Å². The van der Waals surface area contributed by atoms with Gasteiger partial charge in [0.1, 0.15) is 6.04 Å². The number of aryl methyl sites for hydroxylation is 1. The van der Waals surface area contributed by atoms with Crippen LogP contribution in [0.5, 0.6) is 0 Å². The summed E-state index contributed by atoms with van der Waals surface area (Å²) in [6, 6.07) is 26.7. The summed E-state index contributed by atoms with van der Waals surface area (Å²) >= 11 is 1.54. The van der Waals surface area contributed by atoms with Crippen LogP contribution in [0.3, 0.4) is 0 Å². The van der Waals surface area contributed by atoms with Crippen LogP contribution < -0.4 is 10.6 Å². The van der Waals surface area contributed by atoms with E-state index in [2.05, 4.69) is 28.8 Å². The molecule has 3 aromatic carbocycles. The molecule has 7 nitrogen and oxygen atoms in total. The van der Waals surface area contributed by atoms with Crippen LogP contribution in [0.4, 0.5) is 11.6 Å². The first-order valence-corrected chi connectivity index (χ1v) is 12.5. The number of aromatic nitrogens is 3. The molecule has 0 spiro atoms. The largest absolute Gasteiger partial charge is 0.328 e. The van der Waals surface area contributed by atoms with Crippen molar-refractivity contribution in [1.29, 1.82) is 5.26 Å². The molecule has 2 N–H and O–H groups in total. The lowest BCUT2D eigenvalue weighted by Crippen LogP contribution is -2.31. The maximum absolute atomic E-state index is 13.6. The minimum Gasteiger partial charge on any atom is -0.328 e. The van der Waals surface area contributed by atoms with Gasteiger partial charge in [-0.15, -0.1) is 5.10 Å². The van der Waals surface area contributed by atoms with E-state index in [0.29, 0.717) is 27.9 Å². The number of para-hydroxylation sites is 1. The van der Waals surface area contributed by atoms with Gasteiger partial charge >= 0.3 is 0 Å². The van der Waals surface area contributed by atoms with Crippen molar-refractivity contribution >= 4 is 29.3 Å². The number of allylic oxidation sites excluding steroid dienone is 1. The zero-order valence-corrected chi connectivity index (χ0v) is 20.7. The van der Waals surface area contributed by atoms with E-state index in [1.807, 2.05) is 68.4 Å². The van der Waals surface area contributed by atoms with Gasteiger partial charge in [-0.3, -0.25) is 4.79 Å². The molecule has 1 aliphatic heterocycles. The topological polar surface area (TPSA) is 95.6 Å². The summed E-state index contributed by atoms with van der Waals surface area (Å²) in [5, 5.41) is 21.0. The highest BCUT2D eigenvalue weighted by molar-refractivity contribution is 7.98. The molecule has 4 aromatic rings. The van der Waals surface area contributed by atoms with E-state index in [1.165, 1.54) is 5.56 Å². The number of nitriles is 1. The Bertz CT molecular complexity index is 1480. The fraction of sp³-hybridized carbons (Fsp3) is 0.143. The molecule has 0 aliphatic carbocycles. The third kappa shape index (κ3) is 4.74. The molecule has 0 bridgehead atoms. The van der Waals surface area contributed by atoms with Crippen molar-refractivity contribution in [2.24, 2.45) is 0 Å². The number of nitrogens with zero attached hydrogens (tertiary/aromatic N) is 4. The zero-order chi connectivity index (χ0) is 25.1. The Labute approximate surface area is 213 Å². The summed E-state index contributed by atoms with van der Waals surface area (Å²) < 4.78 is 1.76. The standard InChI is InChI=1S/C28H24N6OS/c1-18-8-6-7-11-23(18)31-26(35)24-19(2)30-27-32-28(36-17-21-9-4-3-5-10-21)33-34(27)25(24)22-14-12-20(16-29)13-15-22/h3-15,25H,17H2,1-2H3,(H,31,35)(H,30,32,33). The number of benzene rings is 3. The molecule has 1 aliphatic rings. The molecule has 0 radical (unpaired) electrons. The SMILES string of the molecule is CC1=C(C(=O)Nc2ccccc2C)C(c2ccc(C#N)cc2)n2nc(SCc3ccccc3)nc2N1. The summed E-state index contributed by atoms with van der Waals surface area (Å²) in [6.45, 7) is 3.83. The number of hydrogen-bond acceptors (Lipinski definition) is 6. The molecule has 2 heterocycles. The molecule has 1 unspecified atom stereocenters. The van der Waals surface area contributed by atoms with E-state index in [9.17, 15) is 10.1 Å². The number of carbonyl (C=O) groups is 1. The Balaban J connectivity index is 1.51. The maximum Gasteiger partial charge on any atom is 0.255 e. The first-order chi connectivity index (χ1) is 17.5. The molecule has 178 valence electrons. The van der Waals surface area contributed by atoms with Crippen LogP contribution in [0, 0.1) is 18.3 Å². The van der Waals surface area contributed by atoms with E-state index in [1.54, 1.807) is 28.6 Å². The van der Waals surface area contributed by atoms with Gasteiger partial charge in [-0.25, -0.2) is 4.68 Å². The number of anilines is 2. The van der Waals surface area contributed by atoms with Crippen molar-refractivity contribution in [3.63, 3.8) is 0 Å². The van der Waals surface area contributed by atoms with Gasteiger partial charge in [-0.1, -0.05) is 72.4 Å². The van der Waals surface area contributed by atoms with Crippen LogP contribution in [0.2, 0.25) is 0 Å². The fourth-order valence-electron chi connectivity index (χ4n) is 4.16. The van der Waals surface area contributed by atoms with Gasteiger partial charge in [0.05, 0.1) is 17.2 Å². The van der Waals surface area contributed by atoms with Crippen LogP contribution in [0.15, 0.2) is 95.3 Å². The lowest BCUT2D eigenvalue weighted by molar-refractivity contribution is -0.113. The average Bonchev–Trinajstić information content (AvgIpc) is 3.31. The van der Waals surface area contributed by atoms with Gasteiger partial charge in [0.2, 0.25) is 11.1 Å². The molecule has 1 atom stereocenters. The molecule has 1 amide bonds. The van der Waals surface area contributed by atoms with E-state index in [4.69, 9.17) is 10.1 Å². The highest BCUT2D eigenvalue weighted by Crippen LogP contribution is 2.37. The third-order valence-corrected chi connectivity index (χ3v) is 6.95. The molecule has 8 heteroatoms. The summed E-state index contributed by atoms with van der Waals surface area (Å²) in [5.41, 5.74) is 5.55. The predicted molar refractivity (Wildman–Crippen MR) is 141 cm³/mol. The number of amides is 1. The van der Waals surface area contributed by atoms with E-state index in [0.717, 1.165) is 22.6 Å². The molecule has 1 aromatic heterocycles. The smallest absolute Gasteiger partial charge is 0.255 e. The van der Waals surface area contributed by atoms with Crippen LogP contribution in [-0.2, 0) is 10.5 Å². The van der Waals surface area contributed by atoms with Crippen LogP contribution in [0.25, 0.3) is 0 Å². The van der Waals surface area contributed by atoms with Gasteiger partial charge in [0, 0.05) is 17.1 Å². The zero-order valence-electron chi connectivity index (χ0n) is 19.9. The number of carbonyl (C=O) groups excluding carboxylic acids is 1. The van der Waals surface area contributed by atoms with Crippen LogP contribution >= 0.6 is 11.8 Å². The van der Waals surface area contributed by atoms with Crippen LogP contribution in [0.1, 0.15) is 35.2 Å². The second-order valence-electron chi connectivity index (χ2n) is 8.51. The average molecular weight is 493 g/mol. The van der Waals surface area contributed by atoms with Crippen molar-refractivity contribution in [1.82, 2.24) is 14.8 Å². The quantitative estimate of drug-likeness (QED) is 0.336. The van der Waals surface area contributed by atoms with Gasteiger partial charge in [-0.2, -0.15) is 10.2 Å². The Morgan fingerprint density at radius 1 is 1.06 bits per heavy atom. The summed E-state index contributed by atoms with van der Waals surface area (Å²) in [7, 11) is 0. The second-order valence-corrected chi connectivity index (χ2v) is 9.45. The monoisotopic (exact) mass is 492 g/mol. The number of rotatable bonds is 6. The minimum atomic E-state index is -0.503. The second kappa shape index (κ2) is 10.1. The lowest BCUT2D eigenvalue weighted by atomic mass is 9.94. The Morgan fingerprint density at radius 2 is 1.78 bits per heavy atom. The van der Waals surface area contributed by atoms with Crippen molar-refractivity contribution < 1.29 is 4.79 Å². The molecular formula is C28H24N6OS. The summed E-state index contributed by atoms with van der Waals surface area (Å²) in [4.78, 5) is 18.3. The summed E-state index contributed by atoms with van der Waals surface area (Å²) in [6.07, 6.45) is 0. The van der Waals surface area contributed by atoms with Crippen molar-refractivity contribution in [2.45, 2.75) is 30.8 Å². The van der Waals surface area contributed by atoms with Gasteiger partial charge < -0.3 is 10.6 Å². The molecule has 0 saturated carbocycles. The molecule has 36 heavy (non-hydrogen) atoms. The first kappa shape index (κ1) is 23.4. The fourth-order valence-corrected chi connectivity index (χ4v) is 4.94. The normalized spacial score (nSPS) is 14.5. The van der Waals surface area contributed by atoms with Crippen molar-refractivity contribution in [3.05, 3.63) is 112 Å². The number of nitrogens with one attached hydrogen (secondary N) is 2. The van der Waals surface area contributed by atoms with Gasteiger partial charge in [-0.05, 0) is 48.7 Å². The Hall–Kier alpha value is -4.35. The molecular weight excluding hydrogens is 468 g/mol. The van der Waals surface area contributed by atoms with E-state index >= 15 is 0 Å².